The first-order valence-electron chi connectivity index (χ1n) is 6.15. The van der Waals surface area contributed by atoms with E-state index in [1.165, 1.54) is 4.88 Å². The number of ether oxygens (including phenoxy) is 1. The van der Waals surface area contributed by atoms with E-state index in [1.54, 1.807) is 18.4 Å². The summed E-state index contributed by atoms with van der Waals surface area (Å²) in [7, 11) is 3.60. The molecule has 5 nitrogen and oxygen atoms in total. The number of thiazole rings is 1. The topological polar surface area (TPSA) is 75.2 Å². The zero-order valence-electron chi connectivity index (χ0n) is 11.8. The van der Waals surface area contributed by atoms with Gasteiger partial charge in [-0.25, -0.2) is 4.98 Å². The Bertz CT molecular complexity index is 623. The van der Waals surface area contributed by atoms with Crippen molar-refractivity contribution in [2.45, 2.75) is 13.5 Å². The second-order valence-electron chi connectivity index (χ2n) is 4.51. The molecule has 0 saturated carbocycles. The molecule has 20 heavy (non-hydrogen) atoms. The number of aromatic nitrogens is 1. The van der Waals surface area contributed by atoms with Crippen molar-refractivity contribution in [2.75, 3.05) is 19.1 Å². The van der Waals surface area contributed by atoms with E-state index in [1.807, 2.05) is 37.7 Å². The maximum Gasteiger partial charge on any atom is 0.124 e. The molecule has 0 unspecified atom stereocenters. The van der Waals surface area contributed by atoms with Gasteiger partial charge in [0.2, 0.25) is 0 Å². The van der Waals surface area contributed by atoms with Crippen LogP contribution in [0, 0.1) is 12.3 Å². The molecule has 0 aliphatic carbocycles. The lowest BCUT2D eigenvalue weighted by atomic mass is 10.1. The minimum atomic E-state index is 0.0514. The molecule has 106 valence electrons. The first kappa shape index (κ1) is 14.3. The number of hydrogen-bond donors (Lipinski definition) is 2. The molecule has 0 aliphatic rings. The fraction of sp³-hybridized carbons (Fsp3) is 0.286. The molecule has 0 aliphatic heterocycles. The normalized spacial score (nSPS) is 10.3. The standard InChI is InChI=1S/C14H18N4OS/c1-9-13(20-8-17-9)7-18(2)12-6-10(19-3)4-5-11(12)14(15)16/h4-6,8H,7H2,1-3H3,(H3,15,16). The van der Waals surface area contributed by atoms with Crippen molar-refractivity contribution in [1.82, 2.24) is 4.98 Å². The molecule has 1 aromatic heterocycles. The van der Waals surface area contributed by atoms with E-state index >= 15 is 0 Å². The van der Waals surface area contributed by atoms with Crippen LogP contribution >= 0.6 is 11.3 Å². The van der Waals surface area contributed by atoms with Gasteiger partial charge in [0.1, 0.15) is 11.6 Å². The summed E-state index contributed by atoms with van der Waals surface area (Å²) in [5.41, 5.74) is 10.1. The molecular formula is C14H18N4OS. The largest absolute Gasteiger partial charge is 0.497 e. The van der Waals surface area contributed by atoms with E-state index in [4.69, 9.17) is 15.9 Å². The predicted molar refractivity (Wildman–Crippen MR) is 83.0 cm³/mol. The number of nitrogen functional groups attached to an aromatic ring is 1. The molecule has 0 amide bonds. The van der Waals surface area contributed by atoms with Crippen LogP contribution in [-0.2, 0) is 6.54 Å². The summed E-state index contributed by atoms with van der Waals surface area (Å²) >= 11 is 1.63. The molecule has 0 saturated heterocycles. The van der Waals surface area contributed by atoms with Gasteiger partial charge >= 0.3 is 0 Å². The smallest absolute Gasteiger partial charge is 0.124 e. The fourth-order valence-corrected chi connectivity index (χ4v) is 2.79. The van der Waals surface area contributed by atoms with Crippen molar-refractivity contribution >= 4 is 22.9 Å². The molecule has 6 heteroatoms. The van der Waals surface area contributed by atoms with E-state index in [2.05, 4.69) is 9.88 Å². The SMILES string of the molecule is COc1ccc(C(=N)N)c(N(C)Cc2scnc2C)c1. The number of amidine groups is 1. The summed E-state index contributed by atoms with van der Waals surface area (Å²) < 4.78 is 5.25. The van der Waals surface area contributed by atoms with Gasteiger partial charge in [-0.1, -0.05) is 0 Å². The molecule has 0 spiro atoms. The van der Waals surface area contributed by atoms with Crippen molar-refractivity contribution < 1.29 is 4.74 Å². The molecule has 0 atom stereocenters. The molecule has 2 aromatic rings. The Morgan fingerprint density at radius 3 is 2.80 bits per heavy atom. The number of methoxy groups -OCH3 is 1. The van der Waals surface area contributed by atoms with Crippen LogP contribution in [0.1, 0.15) is 16.1 Å². The van der Waals surface area contributed by atoms with Gasteiger partial charge in [0.05, 0.1) is 30.5 Å². The number of benzene rings is 1. The van der Waals surface area contributed by atoms with Crippen molar-refractivity contribution in [2.24, 2.45) is 5.73 Å². The fourth-order valence-electron chi connectivity index (χ4n) is 1.96. The van der Waals surface area contributed by atoms with Gasteiger partial charge in [0, 0.05) is 23.6 Å². The molecule has 0 bridgehead atoms. The molecule has 3 N–H and O–H groups in total. The average molecular weight is 290 g/mol. The molecular weight excluding hydrogens is 272 g/mol. The number of aryl methyl sites for hydroxylation is 1. The van der Waals surface area contributed by atoms with Gasteiger partial charge < -0.3 is 15.4 Å². The van der Waals surface area contributed by atoms with E-state index in [9.17, 15) is 0 Å². The Labute approximate surface area is 122 Å². The van der Waals surface area contributed by atoms with E-state index in [0.29, 0.717) is 5.56 Å². The van der Waals surface area contributed by atoms with Gasteiger partial charge in [0.25, 0.3) is 0 Å². The van der Waals surface area contributed by atoms with E-state index in [-0.39, 0.29) is 5.84 Å². The monoisotopic (exact) mass is 290 g/mol. The Kier molecular flexibility index (Phi) is 4.24. The van der Waals surface area contributed by atoms with Crippen LogP contribution in [0.25, 0.3) is 0 Å². The van der Waals surface area contributed by atoms with E-state index in [0.717, 1.165) is 23.7 Å². The van der Waals surface area contributed by atoms with Crippen LogP contribution in [0.5, 0.6) is 5.75 Å². The molecule has 0 fully saturated rings. The van der Waals surface area contributed by atoms with Gasteiger partial charge in [-0.15, -0.1) is 11.3 Å². The number of hydrogen-bond acceptors (Lipinski definition) is 5. The van der Waals surface area contributed by atoms with Crippen molar-refractivity contribution in [1.29, 1.82) is 5.41 Å². The van der Waals surface area contributed by atoms with E-state index < -0.39 is 0 Å². The van der Waals surface area contributed by atoms with Crippen molar-refractivity contribution in [3.63, 3.8) is 0 Å². The van der Waals surface area contributed by atoms with Crippen LogP contribution in [-0.4, -0.2) is 25.0 Å². The van der Waals surface area contributed by atoms with Crippen LogP contribution in [0.3, 0.4) is 0 Å². The van der Waals surface area contributed by atoms with Gasteiger partial charge in [0.15, 0.2) is 0 Å². The Balaban J connectivity index is 2.34. The van der Waals surface area contributed by atoms with Crippen LogP contribution in [0.4, 0.5) is 5.69 Å². The summed E-state index contributed by atoms with van der Waals surface area (Å²) in [6.45, 7) is 2.72. The highest BCUT2D eigenvalue weighted by atomic mass is 32.1. The average Bonchev–Trinajstić information content (AvgIpc) is 2.83. The maximum absolute atomic E-state index is 7.69. The third kappa shape index (κ3) is 2.91. The molecule has 1 aromatic carbocycles. The summed E-state index contributed by atoms with van der Waals surface area (Å²) in [4.78, 5) is 7.51. The van der Waals surface area contributed by atoms with Crippen molar-refractivity contribution in [3.8, 4) is 5.75 Å². The minimum Gasteiger partial charge on any atom is -0.497 e. The number of anilines is 1. The minimum absolute atomic E-state index is 0.0514. The molecule has 0 radical (unpaired) electrons. The van der Waals surface area contributed by atoms with Crippen LogP contribution < -0.4 is 15.4 Å². The summed E-state index contributed by atoms with van der Waals surface area (Å²) in [6, 6.07) is 5.52. The number of nitrogens with two attached hydrogens (primary N) is 1. The van der Waals surface area contributed by atoms with Gasteiger partial charge in [-0.05, 0) is 19.1 Å². The first-order valence-corrected chi connectivity index (χ1v) is 7.03. The summed E-state index contributed by atoms with van der Waals surface area (Å²) in [6.07, 6.45) is 0. The lowest BCUT2D eigenvalue weighted by molar-refractivity contribution is 0.415. The summed E-state index contributed by atoms with van der Waals surface area (Å²) in [5.74, 6) is 0.799. The predicted octanol–water partition coefficient (Wildman–Crippen LogP) is 2.38. The third-order valence-corrected chi connectivity index (χ3v) is 4.05. The second kappa shape index (κ2) is 5.92. The highest BCUT2D eigenvalue weighted by Crippen LogP contribution is 2.27. The zero-order valence-corrected chi connectivity index (χ0v) is 12.6. The Hall–Kier alpha value is -2.08. The first-order chi connectivity index (χ1) is 9.52. The maximum atomic E-state index is 7.69. The summed E-state index contributed by atoms with van der Waals surface area (Å²) in [5, 5.41) is 7.69. The quantitative estimate of drug-likeness (QED) is 0.655. The van der Waals surface area contributed by atoms with Gasteiger partial charge in [-0.2, -0.15) is 0 Å². The second-order valence-corrected chi connectivity index (χ2v) is 5.45. The number of nitrogens with zero attached hydrogens (tertiary/aromatic N) is 2. The lowest BCUT2D eigenvalue weighted by Gasteiger charge is -2.22. The molecule has 2 rings (SSSR count). The van der Waals surface area contributed by atoms with Crippen LogP contribution in [0.15, 0.2) is 23.7 Å². The number of rotatable bonds is 5. The van der Waals surface area contributed by atoms with Crippen LogP contribution in [0.2, 0.25) is 0 Å². The van der Waals surface area contributed by atoms with Crippen molar-refractivity contribution in [3.05, 3.63) is 39.8 Å². The Morgan fingerprint density at radius 2 is 2.25 bits per heavy atom. The highest BCUT2D eigenvalue weighted by molar-refractivity contribution is 7.09. The Morgan fingerprint density at radius 1 is 1.50 bits per heavy atom. The highest BCUT2D eigenvalue weighted by Gasteiger charge is 2.13. The molecule has 1 heterocycles. The third-order valence-electron chi connectivity index (χ3n) is 3.13. The zero-order chi connectivity index (χ0) is 14.7. The van der Waals surface area contributed by atoms with Gasteiger partial charge in [-0.3, -0.25) is 5.41 Å². The lowest BCUT2D eigenvalue weighted by Crippen LogP contribution is -2.22. The number of nitrogens with one attached hydrogen (secondary N) is 1.